The van der Waals surface area contributed by atoms with Crippen LogP contribution in [0.4, 0.5) is 0 Å². The maximum Gasteiger partial charge on any atom is 0.189 e. The molecule has 0 heterocycles. The molecule has 0 radical (unpaired) electrons. The lowest BCUT2D eigenvalue weighted by Gasteiger charge is -1.83. The molecule has 0 amide bonds. The SMILES string of the molecule is CCC/C=C/CC(=O)S. The summed E-state index contributed by atoms with van der Waals surface area (Å²) >= 11 is 3.61. The maximum absolute atomic E-state index is 10.2. The Balaban J connectivity index is 3.14. The summed E-state index contributed by atoms with van der Waals surface area (Å²) in [6.07, 6.45) is 6.52. The Labute approximate surface area is 61.6 Å². The summed E-state index contributed by atoms with van der Waals surface area (Å²) in [5, 5.41) is -0.0673. The molecular weight excluding hydrogens is 132 g/mol. The summed E-state index contributed by atoms with van der Waals surface area (Å²) in [6.45, 7) is 2.10. The Hall–Kier alpha value is -0.240. The van der Waals surface area contributed by atoms with Crippen molar-refractivity contribution in [1.82, 2.24) is 0 Å². The minimum Gasteiger partial charge on any atom is -0.287 e. The Morgan fingerprint density at radius 2 is 2.22 bits per heavy atom. The highest BCUT2D eigenvalue weighted by Gasteiger charge is 1.84. The van der Waals surface area contributed by atoms with Crippen LogP contribution in [0.3, 0.4) is 0 Å². The molecule has 0 N–H and O–H groups in total. The molecule has 52 valence electrons. The van der Waals surface area contributed by atoms with Crippen LogP contribution in [-0.2, 0) is 4.79 Å². The minimum atomic E-state index is -0.0673. The first-order valence-electron chi connectivity index (χ1n) is 3.14. The van der Waals surface area contributed by atoms with Crippen molar-refractivity contribution >= 4 is 17.7 Å². The van der Waals surface area contributed by atoms with Crippen LogP contribution < -0.4 is 0 Å². The summed E-state index contributed by atoms with van der Waals surface area (Å²) in [7, 11) is 0. The van der Waals surface area contributed by atoms with Gasteiger partial charge in [0.1, 0.15) is 0 Å². The third-order valence-corrected chi connectivity index (χ3v) is 1.10. The molecular formula is C7H12OS. The molecule has 9 heavy (non-hydrogen) atoms. The molecule has 2 heteroatoms. The lowest BCUT2D eigenvalue weighted by Crippen LogP contribution is -1.79. The fourth-order valence-electron chi connectivity index (χ4n) is 0.469. The van der Waals surface area contributed by atoms with Crippen molar-refractivity contribution in [2.45, 2.75) is 26.2 Å². The van der Waals surface area contributed by atoms with Gasteiger partial charge in [-0.05, 0) is 6.42 Å². The van der Waals surface area contributed by atoms with Crippen molar-refractivity contribution in [1.29, 1.82) is 0 Å². The number of hydrogen-bond donors (Lipinski definition) is 1. The molecule has 0 saturated carbocycles. The number of carbonyl (C=O) groups is 1. The Bertz CT molecular complexity index is 107. The number of hydrogen-bond acceptors (Lipinski definition) is 1. The van der Waals surface area contributed by atoms with E-state index in [1.807, 2.05) is 12.2 Å². The zero-order valence-electron chi connectivity index (χ0n) is 5.63. The summed E-state index contributed by atoms with van der Waals surface area (Å²) in [6, 6.07) is 0. The van der Waals surface area contributed by atoms with Crippen molar-refractivity contribution in [3.8, 4) is 0 Å². The van der Waals surface area contributed by atoms with Gasteiger partial charge in [0.05, 0.1) is 0 Å². The van der Waals surface area contributed by atoms with Crippen LogP contribution in [-0.4, -0.2) is 5.12 Å². The van der Waals surface area contributed by atoms with Gasteiger partial charge in [-0.2, -0.15) is 0 Å². The number of unbranched alkanes of at least 4 members (excludes halogenated alkanes) is 1. The van der Waals surface area contributed by atoms with Crippen LogP contribution >= 0.6 is 12.6 Å². The zero-order chi connectivity index (χ0) is 7.11. The van der Waals surface area contributed by atoms with Gasteiger partial charge < -0.3 is 0 Å². The molecule has 0 spiro atoms. The van der Waals surface area contributed by atoms with E-state index in [4.69, 9.17) is 0 Å². The molecule has 0 unspecified atom stereocenters. The third kappa shape index (κ3) is 7.76. The van der Waals surface area contributed by atoms with Gasteiger partial charge in [-0.1, -0.05) is 25.5 Å². The van der Waals surface area contributed by atoms with Gasteiger partial charge in [-0.25, -0.2) is 0 Å². The number of carbonyl (C=O) groups excluding carboxylic acids is 1. The van der Waals surface area contributed by atoms with Gasteiger partial charge in [0, 0.05) is 6.42 Å². The minimum absolute atomic E-state index is 0.0673. The van der Waals surface area contributed by atoms with Gasteiger partial charge in [0.15, 0.2) is 5.12 Å². The van der Waals surface area contributed by atoms with Crippen molar-refractivity contribution in [3.63, 3.8) is 0 Å². The van der Waals surface area contributed by atoms with Crippen LogP contribution in [0.15, 0.2) is 12.2 Å². The maximum atomic E-state index is 10.2. The van der Waals surface area contributed by atoms with E-state index >= 15 is 0 Å². The summed E-state index contributed by atoms with van der Waals surface area (Å²) in [5.41, 5.74) is 0. The molecule has 0 saturated heterocycles. The summed E-state index contributed by atoms with van der Waals surface area (Å²) < 4.78 is 0. The van der Waals surface area contributed by atoms with E-state index in [2.05, 4.69) is 19.6 Å². The Morgan fingerprint density at radius 3 is 2.67 bits per heavy atom. The van der Waals surface area contributed by atoms with E-state index < -0.39 is 0 Å². The van der Waals surface area contributed by atoms with Gasteiger partial charge in [-0.15, -0.1) is 12.6 Å². The molecule has 0 aromatic carbocycles. The molecule has 0 aliphatic rings. The van der Waals surface area contributed by atoms with Crippen LogP contribution in [0, 0.1) is 0 Å². The second-order valence-corrected chi connectivity index (χ2v) is 2.36. The molecule has 0 aromatic rings. The molecule has 0 atom stereocenters. The van der Waals surface area contributed by atoms with Gasteiger partial charge in [-0.3, -0.25) is 4.79 Å². The number of thiol groups is 1. The predicted molar refractivity (Wildman–Crippen MR) is 42.7 cm³/mol. The molecule has 0 aromatic heterocycles. The van der Waals surface area contributed by atoms with Gasteiger partial charge in [0.2, 0.25) is 0 Å². The highest BCUT2D eigenvalue weighted by Crippen LogP contribution is 1.93. The second-order valence-electron chi connectivity index (χ2n) is 1.86. The van der Waals surface area contributed by atoms with Gasteiger partial charge in [0.25, 0.3) is 0 Å². The highest BCUT2D eigenvalue weighted by atomic mass is 32.1. The largest absolute Gasteiger partial charge is 0.287 e. The average molecular weight is 144 g/mol. The van der Waals surface area contributed by atoms with Gasteiger partial charge >= 0.3 is 0 Å². The predicted octanol–water partition coefficient (Wildman–Crippen LogP) is 2.19. The fraction of sp³-hybridized carbons (Fsp3) is 0.571. The highest BCUT2D eigenvalue weighted by molar-refractivity contribution is 7.96. The average Bonchev–Trinajstić information content (AvgIpc) is 1.80. The zero-order valence-corrected chi connectivity index (χ0v) is 6.53. The molecule has 0 rings (SSSR count). The van der Waals surface area contributed by atoms with E-state index in [1.165, 1.54) is 0 Å². The van der Waals surface area contributed by atoms with Crippen LogP contribution in [0.5, 0.6) is 0 Å². The molecule has 0 fully saturated rings. The van der Waals surface area contributed by atoms with Crippen molar-refractivity contribution in [2.24, 2.45) is 0 Å². The first kappa shape index (κ1) is 8.76. The third-order valence-electron chi connectivity index (χ3n) is 0.914. The quantitative estimate of drug-likeness (QED) is 0.473. The normalized spacial score (nSPS) is 10.4. The van der Waals surface area contributed by atoms with E-state index in [1.54, 1.807) is 0 Å². The van der Waals surface area contributed by atoms with E-state index in [0.717, 1.165) is 12.8 Å². The smallest absolute Gasteiger partial charge is 0.189 e. The monoisotopic (exact) mass is 144 g/mol. The molecule has 1 nitrogen and oxygen atoms in total. The van der Waals surface area contributed by atoms with E-state index in [0.29, 0.717) is 6.42 Å². The first-order chi connectivity index (χ1) is 4.27. The number of rotatable bonds is 4. The van der Waals surface area contributed by atoms with E-state index in [-0.39, 0.29) is 5.12 Å². The van der Waals surface area contributed by atoms with E-state index in [9.17, 15) is 4.79 Å². The van der Waals surface area contributed by atoms with Crippen molar-refractivity contribution < 1.29 is 4.79 Å². The van der Waals surface area contributed by atoms with Crippen LogP contribution in [0.1, 0.15) is 26.2 Å². The lowest BCUT2D eigenvalue weighted by atomic mass is 10.3. The first-order valence-corrected chi connectivity index (χ1v) is 3.59. The number of allylic oxidation sites excluding steroid dienone is 2. The molecule has 0 aliphatic heterocycles. The van der Waals surface area contributed by atoms with Crippen molar-refractivity contribution in [3.05, 3.63) is 12.2 Å². The Kier molecular flexibility index (Phi) is 5.73. The topological polar surface area (TPSA) is 17.1 Å². The molecule has 0 aliphatic carbocycles. The standard InChI is InChI=1S/C7H12OS/c1-2-3-4-5-6-7(8)9/h4-5H,2-3,6H2,1H3,(H,8,9)/b5-4+. The lowest BCUT2D eigenvalue weighted by molar-refractivity contribution is -0.110. The van der Waals surface area contributed by atoms with Crippen LogP contribution in [0.25, 0.3) is 0 Å². The molecule has 0 bridgehead atoms. The fourth-order valence-corrected chi connectivity index (χ4v) is 0.574. The second kappa shape index (κ2) is 5.89. The van der Waals surface area contributed by atoms with Crippen LogP contribution in [0.2, 0.25) is 0 Å². The summed E-state index contributed by atoms with van der Waals surface area (Å²) in [5.74, 6) is 0. The Morgan fingerprint density at radius 1 is 1.56 bits per heavy atom. The summed E-state index contributed by atoms with van der Waals surface area (Å²) in [4.78, 5) is 10.2. The van der Waals surface area contributed by atoms with Crippen molar-refractivity contribution in [2.75, 3.05) is 0 Å².